The maximum Gasteiger partial charge on any atom is 0.224 e. The number of hydrogen-bond acceptors (Lipinski definition) is 3. The molecule has 2 rings (SSSR count). The average molecular weight is 325 g/mol. The molecule has 4 nitrogen and oxygen atoms in total. The van der Waals surface area contributed by atoms with Crippen LogP contribution in [0.25, 0.3) is 0 Å². The summed E-state index contributed by atoms with van der Waals surface area (Å²) in [7, 11) is 0. The SMILES string of the molecule is CCCNC(=O)C1CCCN(CC(O)c2ccc(Cl)cc2)C1. The predicted molar refractivity (Wildman–Crippen MR) is 88.9 cm³/mol. The minimum Gasteiger partial charge on any atom is -0.387 e. The van der Waals surface area contributed by atoms with Crippen molar-refractivity contribution < 1.29 is 9.90 Å². The van der Waals surface area contributed by atoms with Gasteiger partial charge in [-0.1, -0.05) is 30.7 Å². The van der Waals surface area contributed by atoms with Crippen molar-refractivity contribution in [3.63, 3.8) is 0 Å². The van der Waals surface area contributed by atoms with Crippen molar-refractivity contribution in [2.45, 2.75) is 32.3 Å². The lowest BCUT2D eigenvalue weighted by Gasteiger charge is -2.33. The number of amides is 1. The van der Waals surface area contributed by atoms with Gasteiger partial charge in [0.15, 0.2) is 0 Å². The molecule has 122 valence electrons. The standard InChI is InChI=1S/C17H25ClN2O2/c1-2-9-19-17(22)14-4-3-10-20(11-14)12-16(21)13-5-7-15(18)8-6-13/h5-8,14,16,21H,2-4,9-12H2,1H3,(H,19,22). The first-order valence-electron chi connectivity index (χ1n) is 8.03. The van der Waals surface area contributed by atoms with E-state index in [9.17, 15) is 9.90 Å². The molecule has 1 aliphatic rings. The molecule has 0 spiro atoms. The molecule has 1 saturated heterocycles. The summed E-state index contributed by atoms with van der Waals surface area (Å²) in [5.74, 6) is 0.185. The van der Waals surface area contributed by atoms with Gasteiger partial charge in [-0.2, -0.15) is 0 Å². The lowest BCUT2D eigenvalue weighted by Crippen LogP contribution is -2.44. The van der Waals surface area contributed by atoms with Gasteiger partial charge in [-0.15, -0.1) is 0 Å². The van der Waals surface area contributed by atoms with Crippen molar-refractivity contribution in [3.05, 3.63) is 34.9 Å². The first kappa shape index (κ1) is 17.3. The first-order chi connectivity index (χ1) is 10.6. The van der Waals surface area contributed by atoms with Crippen molar-refractivity contribution in [1.29, 1.82) is 0 Å². The van der Waals surface area contributed by atoms with Crippen LogP contribution in [0, 0.1) is 5.92 Å². The van der Waals surface area contributed by atoms with Gasteiger partial charge in [-0.3, -0.25) is 9.69 Å². The first-order valence-corrected chi connectivity index (χ1v) is 8.41. The number of likely N-dealkylation sites (tertiary alicyclic amines) is 1. The molecule has 2 atom stereocenters. The number of nitrogens with one attached hydrogen (secondary N) is 1. The van der Waals surface area contributed by atoms with Gasteiger partial charge in [0.2, 0.25) is 5.91 Å². The van der Waals surface area contributed by atoms with E-state index in [-0.39, 0.29) is 11.8 Å². The smallest absolute Gasteiger partial charge is 0.224 e. The van der Waals surface area contributed by atoms with Crippen molar-refractivity contribution in [2.24, 2.45) is 5.92 Å². The van der Waals surface area contributed by atoms with Crippen molar-refractivity contribution in [2.75, 3.05) is 26.2 Å². The Kier molecular flexibility index (Phi) is 6.68. The van der Waals surface area contributed by atoms with E-state index in [1.165, 1.54) is 0 Å². The molecule has 1 aromatic rings. The summed E-state index contributed by atoms with van der Waals surface area (Å²) in [6.07, 6.45) is 2.34. The number of aliphatic hydroxyl groups excluding tert-OH is 1. The van der Waals surface area contributed by atoms with Crippen LogP contribution >= 0.6 is 11.6 Å². The van der Waals surface area contributed by atoms with Crippen LogP contribution in [-0.2, 0) is 4.79 Å². The fraction of sp³-hybridized carbons (Fsp3) is 0.588. The second-order valence-corrected chi connectivity index (χ2v) is 6.39. The zero-order valence-corrected chi connectivity index (χ0v) is 13.9. The zero-order chi connectivity index (χ0) is 15.9. The van der Waals surface area contributed by atoms with Gasteiger partial charge in [0.05, 0.1) is 12.0 Å². The van der Waals surface area contributed by atoms with E-state index in [1.807, 2.05) is 12.1 Å². The molecule has 0 aliphatic carbocycles. The van der Waals surface area contributed by atoms with Crippen LogP contribution < -0.4 is 5.32 Å². The van der Waals surface area contributed by atoms with Gasteiger partial charge in [0.1, 0.15) is 0 Å². The topological polar surface area (TPSA) is 52.6 Å². The number of aliphatic hydroxyl groups is 1. The predicted octanol–water partition coefficient (Wildman–Crippen LogP) is 2.61. The molecule has 1 heterocycles. The normalized spacial score (nSPS) is 20.6. The van der Waals surface area contributed by atoms with Crippen LogP contribution in [0.1, 0.15) is 37.9 Å². The van der Waals surface area contributed by atoms with Gasteiger partial charge in [-0.05, 0) is 43.5 Å². The number of piperidine rings is 1. The van der Waals surface area contributed by atoms with Gasteiger partial charge >= 0.3 is 0 Å². The summed E-state index contributed by atoms with van der Waals surface area (Å²) in [4.78, 5) is 14.3. The molecule has 1 amide bonds. The lowest BCUT2D eigenvalue weighted by atomic mass is 9.96. The Bertz CT molecular complexity index is 478. The summed E-state index contributed by atoms with van der Waals surface area (Å²) in [5, 5.41) is 14.0. The van der Waals surface area contributed by atoms with Crippen molar-refractivity contribution in [1.82, 2.24) is 10.2 Å². The van der Waals surface area contributed by atoms with Gasteiger partial charge in [-0.25, -0.2) is 0 Å². The molecule has 1 fully saturated rings. The van der Waals surface area contributed by atoms with E-state index in [0.29, 0.717) is 11.6 Å². The Balaban J connectivity index is 1.86. The van der Waals surface area contributed by atoms with Gasteiger partial charge < -0.3 is 10.4 Å². The third-order valence-electron chi connectivity index (χ3n) is 4.11. The van der Waals surface area contributed by atoms with Crippen LogP contribution in [0.5, 0.6) is 0 Å². The minimum atomic E-state index is -0.547. The largest absolute Gasteiger partial charge is 0.387 e. The van der Waals surface area contributed by atoms with E-state index in [4.69, 9.17) is 11.6 Å². The van der Waals surface area contributed by atoms with Crippen molar-refractivity contribution in [3.8, 4) is 0 Å². The molecule has 22 heavy (non-hydrogen) atoms. The van der Waals surface area contributed by atoms with Crippen molar-refractivity contribution >= 4 is 17.5 Å². The van der Waals surface area contributed by atoms with E-state index >= 15 is 0 Å². The second kappa shape index (κ2) is 8.51. The molecule has 0 radical (unpaired) electrons. The van der Waals surface area contributed by atoms with E-state index in [1.54, 1.807) is 12.1 Å². The van der Waals surface area contributed by atoms with Crippen LogP contribution in [0.2, 0.25) is 5.02 Å². The number of benzene rings is 1. The molecule has 0 saturated carbocycles. The summed E-state index contributed by atoms with van der Waals surface area (Å²) in [6.45, 7) is 5.00. The van der Waals surface area contributed by atoms with Gasteiger partial charge in [0, 0.05) is 24.7 Å². The van der Waals surface area contributed by atoms with E-state index in [0.717, 1.165) is 44.5 Å². The Labute approximate surface area is 137 Å². The summed E-state index contributed by atoms with van der Waals surface area (Å²) in [5.41, 5.74) is 0.863. The molecule has 0 aromatic heterocycles. The maximum absolute atomic E-state index is 12.1. The molecule has 1 aliphatic heterocycles. The fourth-order valence-corrected chi connectivity index (χ4v) is 2.99. The highest BCUT2D eigenvalue weighted by atomic mass is 35.5. The fourth-order valence-electron chi connectivity index (χ4n) is 2.86. The van der Waals surface area contributed by atoms with Crippen LogP contribution in [0.15, 0.2) is 24.3 Å². The lowest BCUT2D eigenvalue weighted by molar-refractivity contribution is -0.126. The summed E-state index contributed by atoms with van der Waals surface area (Å²) < 4.78 is 0. The number of rotatable bonds is 6. The Morgan fingerprint density at radius 3 is 2.86 bits per heavy atom. The summed E-state index contributed by atoms with van der Waals surface area (Å²) >= 11 is 5.87. The number of carbonyl (C=O) groups excluding carboxylic acids is 1. The van der Waals surface area contributed by atoms with Crippen LogP contribution in [0.3, 0.4) is 0 Å². The van der Waals surface area contributed by atoms with Crippen LogP contribution in [-0.4, -0.2) is 42.1 Å². The quantitative estimate of drug-likeness (QED) is 0.845. The molecule has 5 heteroatoms. The molecule has 0 bridgehead atoms. The number of halogens is 1. The summed E-state index contributed by atoms with van der Waals surface area (Å²) in [6, 6.07) is 7.28. The van der Waals surface area contributed by atoms with Crippen LogP contribution in [0.4, 0.5) is 0 Å². The Morgan fingerprint density at radius 1 is 1.45 bits per heavy atom. The maximum atomic E-state index is 12.1. The highest BCUT2D eigenvalue weighted by Crippen LogP contribution is 2.21. The third-order valence-corrected chi connectivity index (χ3v) is 4.36. The zero-order valence-electron chi connectivity index (χ0n) is 13.1. The Hall–Kier alpha value is -1.10. The molecular weight excluding hydrogens is 300 g/mol. The molecule has 2 N–H and O–H groups in total. The molecular formula is C17H25ClN2O2. The number of hydrogen-bond donors (Lipinski definition) is 2. The average Bonchev–Trinajstić information content (AvgIpc) is 2.53. The molecule has 2 unspecified atom stereocenters. The third kappa shape index (κ3) is 4.97. The number of carbonyl (C=O) groups is 1. The Morgan fingerprint density at radius 2 is 2.18 bits per heavy atom. The monoisotopic (exact) mass is 324 g/mol. The minimum absolute atomic E-state index is 0.0396. The van der Waals surface area contributed by atoms with E-state index in [2.05, 4.69) is 17.1 Å². The van der Waals surface area contributed by atoms with E-state index < -0.39 is 6.10 Å². The second-order valence-electron chi connectivity index (χ2n) is 5.96. The molecule has 1 aromatic carbocycles. The number of nitrogens with zero attached hydrogens (tertiary/aromatic N) is 1. The highest BCUT2D eigenvalue weighted by Gasteiger charge is 2.26. The number of β-amino-alcohol motifs (C(OH)–C–C–N with tert-alkyl or cyclic N) is 1. The highest BCUT2D eigenvalue weighted by molar-refractivity contribution is 6.30. The van der Waals surface area contributed by atoms with Gasteiger partial charge in [0.25, 0.3) is 0 Å².